The van der Waals surface area contributed by atoms with Crippen LogP contribution in [0.5, 0.6) is 0 Å². The van der Waals surface area contributed by atoms with Gasteiger partial charge in [0, 0.05) is 11.4 Å². The number of carbonyl (C=O) groups is 1. The van der Waals surface area contributed by atoms with E-state index in [9.17, 15) is 23.4 Å². The van der Waals surface area contributed by atoms with Gasteiger partial charge in [-0.25, -0.2) is 13.2 Å². The Kier molecular flexibility index (Phi) is 7.45. The summed E-state index contributed by atoms with van der Waals surface area (Å²) < 4.78 is 43.4. The van der Waals surface area contributed by atoms with Crippen LogP contribution in [0.25, 0.3) is 0 Å². The van der Waals surface area contributed by atoms with Crippen LogP contribution in [0.1, 0.15) is 30.9 Å². The first kappa shape index (κ1) is 24.2. The highest BCUT2D eigenvalue weighted by Gasteiger charge is 2.51. The molecule has 1 fully saturated rings. The monoisotopic (exact) mass is 474 g/mol. The molecule has 0 saturated carbocycles. The number of aryl methyl sites for hydroxylation is 1. The van der Waals surface area contributed by atoms with Crippen molar-refractivity contribution >= 4 is 27.4 Å². The first-order chi connectivity index (χ1) is 14.7. The van der Waals surface area contributed by atoms with Gasteiger partial charge in [0.15, 0.2) is 15.6 Å². The molecule has 0 amide bonds. The summed E-state index contributed by atoms with van der Waals surface area (Å²) in [7, 11) is -3.84. The number of sulfone groups is 1. The van der Waals surface area contributed by atoms with Crippen LogP contribution in [0, 0.1) is 6.92 Å². The summed E-state index contributed by atoms with van der Waals surface area (Å²) in [4.78, 5) is 12.7. The molecule has 0 aromatic heterocycles. The minimum absolute atomic E-state index is 0.0484. The quantitative estimate of drug-likeness (QED) is 0.573. The van der Waals surface area contributed by atoms with Crippen molar-refractivity contribution in [1.29, 1.82) is 0 Å². The van der Waals surface area contributed by atoms with E-state index in [0.717, 1.165) is 5.56 Å². The Morgan fingerprint density at radius 3 is 2.45 bits per heavy atom. The molecule has 2 aliphatic rings. The largest absolute Gasteiger partial charge is 0.463 e. The predicted octanol–water partition coefficient (Wildman–Crippen LogP) is 1.68. The first-order valence-corrected chi connectivity index (χ1v) is 12.2. The second-order valence-electron chi connectivity index (χ2n) is 7.68. The zero-order valence-corrected chi connectivity index (χ0v) is 19.0. The van der Waals surface area contributed by atoms with Gasteiger partial charge in [0.2, 0.25) is 0 Å². The zero-order chi connectivity index (χ0) is 22.8. The SMILES string of the molecule is CCOC(=O)C1=CC2(CCC1S(=O)(=O)Cc1c(C)cccc1Cl)O[C@H](CO)[C@@H](CO)O2. The van der Waals surface area contributed by atoms with E-state index in [1.54, 1.807) is 32.0 Å². The van der Waals surface area contributed by atoms with Crippen LogP contribution in [0.2, 0.25) is 5.02 Å². The van der Waals surface area contributed by atoms with Crippen molar-refractivity contribution in [1.82, 2.24) is 0 Å². The molecule has 8 nitrogen and oxygen atoms in total. The number of esters is 1. The van der Waals surface area contributed by atoms with Crippen molar-refractivity contribution in [2.24, 2.45) is 0 Å². The van der Waals surface area contributed by atoms with Crippen LogP contribution in [-0.4, -0.2) is 67.7 Å². The second-order valence-corrected chi connectivity index (χ2v) is 10.3. The minimum Gasteiger partial charge on any atom is -0.463 e. The number of benzene rings is 1. The lowest BCUT2D eigenvalue weighted by Crippen LogP contribution is -2.41. The number of hydrogen-bond donors (Lipinski definition) is 2. The van der Waals surface area contributed by atoms with E-state index < -0.39 is 39.1 Å². The highest BCUT2D eigenvalue weighted by Crippen LogP contribution is 2.42. The summed E-state index contributed by atoms with van der Waals surface area (Å²) in [6.07, 6.45) is -0.0671. The summed E-state index contributed by atoms with van der Waals surface area (Å²) in [5, 5.41) is 18.2. The molecule has 1 aliphatic heterocycles. The van der Waals surface area contributed by atoms with Crippen LogP contribution < -0.4 is 0 Å². The number of hydrogen-bond acceptors (Lipinski definition) is 8. The van der Waals surface area contributed by atoms with Crippen LogP contribution in [0.4, 0.5) is 0 Å². The van der Waals surface area contributed by atoms with Gasteiger partial charge < -0.3 is 24.4 Å². The highest BCUT2D eigenvalue weighted by atomic mass is 35.5. The lowest BCUT2D eigenvalue weighted by Gasteiger charge is -2.33. The molecule has 1 aromatic rings. The van der Waals surface area contributed by atoms with Crippen LogP contribution in [-0.2, 0) is 34.6 Å². The summed E-state index contributed by atoms with van der Waals surface area (Å²) >= 11 is 6.23. The fourth-order valence-electron chi connectivity index (χ4n) is 4.01. The van der Waals surface area contributed by atoms with Crippen molar-refractivity contribution in [3.05, 3.63) is 46.0 Å². The van der Waals surface area contributed by atoms with E-state index >= 15 is 0 Å². The molecule has 3 atom stereocenters. The van der Waals surface area contributed by atoms with Gasteiger partial charge in [-0.1, -0.05) is 23.7 Å². The number of aliphatic hydroxyl groups excluding tert-OH is 2. The molecule has 1 saturated heterocycles. The lowest BCUT2D eigenvalue weighted by atomic mass is 9.94. The van der Waals surface area contributed by atoms with Gasteiger partial charge in [0.25, 0.3) is 0 Å². The lowest BCUT2D eigenvalue weighted by molar-refractivity contribution is -0.154. The van der Waals surface area contributed by atoms with E-state index in [2.05, 4.69) is 0 Å². The van der Waals surface area contributed by atoms with Gasteiger partial charge in [-0.2, -0.15) is 0 Å². The van der Waals surface area contributed by atoms with Crippen molar-refractivity contribution in [3.63, 3.8) is 0 Å². The fourth-order valence-corrected chi connectivity index (χ4v) is 6.39. The molecular weight excluding hydrogens is 448 g/mol. The highest BCUT2D eigenvalue weighted by molar-refractivity contribution is 7.91. The van der Waals surface area contributed by atoms with E-state index in [-0.39, 0.29) is 44.0 Å². The Morgan fingerprint density at radius 1 is 1.26 bits per heavy atom. The molecule has 1 aliphatic carbocycles. The van der Waals surface area contributed by atoms with Gasteiger partial charge >= 0.3 is 5.97 Å². The molecule has 0 radical (unpaired) electrons. The van der Waals surface area contributed by atoms with Crippen LogP contribution in [0.15, 0.2) is 29.8 Å². The summed E-state index contributed by atoms with van der Waals surface area (Å²) in [6.45, 7) is 2.70. The number of ether oxygens (including phenoxy) is 3. The normalized spacial score (nSPS) is 25.5. The number of rotatable bonds is 7. The fraction of sp³-hybridized carbons (Fsp3) is 0.571. The molecule has 172 valence electrons. The maximum absolute atomic E-state index is 13.4. The number of carbonyl (C=O) groups excluding carboxylic acids is 1. The zero-order valence-electron chi connectivity index (χ0n) is 17.4. The molecule has 1 heterocycles. The van der Waals surface area contributed by atoms with Crippen molar-refractivity contribution < 1.29 is 37.6 Å². The van der Waals surface area contributed by atoms with Crippen molar-refractivity contribution in [2.45, 2.75) is 55.7 Å². The van der Waals surface area contributed by atoms with Gasteiger partial charge in [-0.05, 0) is 43.5 Å². The summed E-state index contributed by atoms with van der Waals surface area (Å²) in [5.74, 6) is -2.51. The van der Waals surface area contributed by atoms with Crippen LogP contribution in [0.3, 0.4) is 0 Å². The molecule has 1 spiro atoms. The molecule has 31 heavy (non-hydrogen) atoms. The molecule has 2 N–H and O–H groups in total. The molecule has 0 bridgehead atoms. The third-order valence-electron chi connectivity index (χ3n) is 5.60. The molecule has 10 heteroatoms. The minimum atomic E-state index is -3.84. The molecule has 1 unspecified atom stereocenters. The number of aliphatic hydroxyl groups is 2. The Morgan fingerprint density at radius 2 is 1.90 bits per heavy atom. The Hall–Kier alpha value is -1.49. The van der Waals surface area contributed by atoms with E-state index in [1.807, 2.05) is 0 Å². The van der Waals surface area contributed by atoms with Crippen molar-refractivity contribution in [3.8, 4) is 0 Å². The molecule has 3 rings (SSSR count). The second kappa shape index (κ2) is 9.56. The van der Waals surface area contributed by atoms with Crippen molar-refractivity contribution in [2.75, 3.05) is 19.8 Å². The average Bonchev–Trinajstić information content (AvgIpc) is 3.08. The van der Waals surface area contributed by atoms with Gasteiger partial charge in [-0.3, -0.25) is 0 Å². The third kappa shape index (κ3) is 4.97. The molecule has 1 aromatic carbocycles. The van der Waals surface area contributed by atoms with Gasteiger partial charge in [0.05, 0.1) is 36.4 Å². The van der Waals surface area contributed by atoms with Crippen LogP contribution >= 0.6 is 11.6 Å². The summed E-state index contributed by atoms with van der Waals surface area (Å²) in [5.41, 5.74) is 1.15. The van der Waals surface area contributed by atoms with E-state index in [4.69, 9.17) is 25.8 Å². The van der Waals surface area contributed by atoms with Gasteiger partial charge in [0.1, 0.15) is 12.2 Å². The maximum atomic E-state index is 13.4. The first-order valence-electron chi connectivity index (χ1n) is 10.1. The Balaban J connectivity index is 1.97. The third-order valence-corrected chi connectivity index (χ3v) is 8.00. The summed E-state index contributed by atoms with van der Waals surface area (Å²) in [6, 6.07) is 5.15. The van der Waals surface area contributed by atoms with Gasteiger partial charge in [-0.15, -0.1) is 0 Å². The Labute approximate surface area is 186 Å². The smallest absolute Gasteiger partial charge is 0.335 e. The molecular formula is C21H27ClO8S. The van der Waals surface area contributed by atoms with E-state index in [1.165, 1.54) is 6.08 Å². The Bertz CT molecular complexity index is 926. The average molecular weight is 475 g/mol. The maximum Gasteiger partial charge on any atom is 0.335 e. The number of halogens is 1. The predicted molar refractivity (Wildman–Crippen MR) is 113 cm³/mol. The standard InChI is InChI=1S/C21H27ClO8S/c1-3-28-20(25)14-9-21(29-17(10-23)18(11-24)30-21)8-7-19(14)31(26,27)12-15-13(2)5-4-6-16(15)22/h4-6,9,17-19,23-24H,3,7-8,10-12H2,1-2H3/t17-,18-,19?/m1/s1. The topological polar surface area (TPSA) is 119 Å². The van der Waals surface area contributed by atoms with E-state index in [0.29, 0.717) is 10.6 Å².